The summed E-state index contributed by atoms with van der Waals surface area (Å²) in [5, 5.41) is 8.67. The maximum Gasteiger partial charge on any atom is 0.371 e. The quantitative estimate of drug-likeness (QED) is 0.427. The van der Waals surface area contributed by atoms with Crippen molar-refractivity contribution in [1.82, 2.24) is 0 Å². The molecule has 0 amide bonds. The summed E-state index contributed by atoms with van der Waals surface area (Å²) >= 11 is 0. The van der Waals surface area contributed by atoms with Crippen molar-refractivity contribution in [3.63, 3.8) is 0 Å². The van der Waals surface area contributed by atoms with E-state index in [2.05, 4.69) is 4.74 Å². The van der Waals surface area contributed by atoms with Crippen LogP contribution < -0.4 is 0 Å². The number of carboxylic acid groups (broad SMARTS) is 1. The standard InChI is InChI=1S/C10H14O4/c1-6(2)5-8(11)14-9(7(3)4)10(12)13/h5H,1-4H3,(H,12,13). The summed E-state index contributed by atoms with van der Waals surface area (Å²) in [5.41, 5.74) is 1.21. The Hall–Kier alpha value is -1.58. The Labute approximate surface area is 82.9 Å². The van der Waals surface area contributed by atoms with Crippen LogP contribution in [-0.2, 0) is 14.3 Å². The van der Waals surface area contributed by atoms with Gasteiger partial charge in [-0.05, 0) is 33.3 Å². The molecule has 0 aliphatic heterocycles. The second kappa shape index (κ2) is 5.21. The molecule has 0 heterocycles. The number of hydrogen-bond acceptors (Lipinski definition) is 3. The molecule has 0 aromatic rings. The number of aliphatic carboxylic acids is 1. The fraction of sp³-hybridized carbons (Fsp3) is 0.400. The molecule has 0 aliphatic carbocycles. The van der Waals surface area contributed by atoms with Crippen molar-refractivity contribution in [3.05, 3.63) is 23.0 Å². The molecule has 0 aromatic heterocycles. The minimum Gasteiger partial charge on any atom is -0.475 e. The van der Waals surface area contributed by atoms with Gasteiger partial charge in [0.1, 0.15) is 0 Å². The van der Waals surface area contributed by atoms with Crippen LogP contribution in [0.25, 0.3) is 0 Å². The highest BCUT2D eigenvalue weighted by Crippen LogP contribution is 2.06. The fourth-order valence-corrected chi connectivity index (χ4v) is 0.725. The van der Waals surface area contributed by atoms with Crippen molar-refractivity contribution < 1.29 is 19.4 Å². The molecule has 4 nitrogen and oxygen atoms in total. The number of hydrogen-bond donors (Lipinski definition) is 1. The van der Waals surface area contributed by atoms with Gasteiger partial charge in [-0.3, -0.25) is 0 Å². The fourth-order valence-electron chi connectivity index (χ4n) is 0.725. The van der Waals surface area contributed by atoms with Crippen molar-refractivity contribution in [2.24, 2.45) is 0 Å². The van der Waals surface area contributed by atoms with Crippen LogP contribution in [-0.4, -0.2) is 17.0 Å². The van der Waals surface area contributed by atoms with E-state index in [1.54, 1.807) is 27.7 Å². The molecule has 0 saturated heterocycles. The van der Waals surface area contributed by atoms with Gasteiger partial charge in [0.2, 0.25) is 5.76 Å². The summed E-state index contributed by atoms with van der Waals surface area (Å²) in [5.74, 6) is -2.21. The maximum absolute atomic E-state index is 11.1. The molecule has 0 unspecified atom stereocenters. The van der Waals surface area contributed by atoms with Crippen molar-refractivity contribution in [2.75, 3.05) is 0 Å². The highest BCUT2D eigenvalue weighted by Gasteiger charge is 2.14. The molecule has 78 valence electrons. The normalized spacial score (nSPS) is 8.86. The molecular weight excluding hydrogens is 184 g/mol. The third kappa shape index (κ3) is 4.45. The van der Waals surface area contributed by atoms with Crippen LogP contribution in [0.4, 0.5) is 0 Å². The van der Waals surface area contributed by atoms with Gasteiger partial charge in [-0.2, -0.15) is 0 Å². The Morgan fingerprint density at radius 1 is 1.14 bits per heavy atom. The first-order valence-electron chi connectivity index (χ1n) is 4.12. The number of ether oxygens (including phenoxy) is 1. The lowest BCUT2D eigenvalue weighted by Crippen LogP contribution is -2.11. The van der Waals surface area contributed by atoms with Gasteiger partial charge in [0.05, 0.1) is 0 Å². The first kappa shape index (κ1) is 12.4. The van der Waals surface area contributed by atoms with Crippen molar-refractivity contribution in [3.8, 4) is 0 Å². The van der Waals surface area contributed by atoms with Crippen LogP contribution in [0.2, 0.25) is 0 Å². The van der Waals surface area contributed by atoms with E-state index in [1.807, 2.05) is 0 Å². The van der Waals surface area contributed by atoms with Crippen LogP contribution in [0.15, 0.2) is 23.0 Å². The molecule has 14 heavy (non-hydrogen) atoms. The minimum absolute atomic E-state index is 0.312. The lowest BCUT2D eigenvalue weighted by Gasteiger charge is -2.03. The largest absolute Gasteiger partial charge is 0.475 e. The summed E-state index contributed by atoms with van der Waals surface area (Å²) in [6.07, 6.45) is 1.24. The minimum atomic E-state index is -1.24. The maximum atomic E-state index is 11.1. The SMILES string of the molecule is CC(C)=CC(=O)OC(C(=O)O)=C(C)C. The van der Waals surface area contributed by atoms with Crippen LogP contribution >= 0.6 is 0 Å². The summed E-state index contributed by atoms with van der Waals surface area (Å²) in [7, 11) is 0. The Balaban J connectivity index is 4.66. The number of carboxylic acids is 1. The van der Waals surface area contributed by atoms with E-state index in [4.69, 9.17) is 5.11 Å². The Morgan fingerprint density at radius 2 is 1.64 bits per heavy atom. The number of carbonyl (C=O) groups is 2. The summed E-state index contributed by atoms with van der Waals surface area (Å²) < 4.78 is 4.65. The van der Waals surface area contributed by atoms with E-state index >= 15 is 0 Å². The third-order valence-corrected chi connectivity index (χ3v) is 1.26. The average Bonchev–Trinajstić information content (AvgIpc) is 1.97. The van der Waals surface area contributed by atoms with Gasteiger partial charge in [-0.1, -0.05) is 5.57 Å². The predicted molar refractivity (Wildman–Crippen MR) is 51.5 cm³/mol. The Bertz CT molecular complexity index is 302. The van der Waals surface area contributed by atoms with E-state index in [9.17, 15) is 9.59 Å². The first-order valence-corrected chi connectivity index (χ1v) is 4.12. The molecule has 0 spiro atoms. The Kier molecular flexibility index (Phi) is 4.63. The van der Waals surface area contributed by atoms with E-state index in [0.29, 0.717) is 5.57 Å². The second-order valence-electron chi connectivity index (χ2n) is 3.28. The molecular formula is C10H14O4. The topological polar surface area (TPSA) is 63.6 Å². The van der Waals surface area contributed by atoms with Gasteiger partial charge in [0, 0.05) is 6.08 Å². The molecule has 4 heteroatoms. The zero-order valence-electron chi connectivity index (χ0n) is 8.75. The summed E-state index contributed by atoms with van der Waals surface area (Å²) in [6.45, 7) is 6.59. The molecule has 0 saturated carbocycles. The van der Waals surface area contributed by atoms with Gasteiger partial charge in [-0.15, -0.1) is 0 Å². The number of carbonyl (C=O) groups excluding carboxylic acids is 1. The highest BCUT2D eigenvalue weighted by atomic mass is 16.6. The van der Waals surface area contributed by atoms with Gasteiger partial charge >= 0.3 is 11.9 Å². The van der Waals surface area contributed by atoms with Crippen LogP contribution in [0, 0.1) is 0 Å². The summed E-state index contributed by atoms with van der Waals surface area (Å²) in [6, 6.07) is 0. The van der Waals surface area contributed by atoms with Gasteiger partial charge in [0.15, 0.2) is 0 Å². The number of esters is 1. The molecule has 0 atom stereocenters. The molecule has 0 rings (SSSR count). The lowest BCUT2D eigenvalue weighted by molar-refractivity contribution is -0.145. The zero-order chi connectivity index (χ0) is 11.3. The van der Waals surface area contributed by atoms with Gasteiger partial charge in [-0.25, -0.2) is 9.59 Å². The van der Waals surface area contributed by atoms with Crippen LogP contribution in [0.5, 0.6) is 0 Å². The van der Waals surface area contributed by atoms with E-state index in [1.165, 1.54) is 6.08 Å². The molecule has 0 aromatic carbocycles. The monoisotopic (exact) mass is 198 g/mol. The highest BCUT2D eigenvalue weighted by molar-refractivity contribution is 5.91. The molecule has 0 bridgehead atoms. The zero-order valence-corrected chi connectivity index (χ0v) is 8.75. The van der Waals surface area contributed by atoms with E-state index in [0.717, 1.165) is 5.57 Å². The first-order chi connectivity index (χ1) is 6.34. The third-order valence-electron chi connectivity index (χ3n) is 1.26. The molecule has 0 radical (unpaired) electrons. The molecule has 0 fully saturated rings. The number of rotatable bonds is 3. The molecule has 0 aliphatic rings. The molecule has 1 N–H and O–H groups in total. The summed E-state index contributed by atoms with van der Waals surface area (Å²) in [4.78, 5) is 21.7. The predicted octanol–water partition coefficient (Wildman–Crippen LogP) is 1.87. The average molecular weight is 198 g/mol. The van der Waals surface area contributed by atoms with Gasteiger partial charge < -0.3 is 9.84 Å². The van der Waals surface area contributed by atoms with Crippen LogP contribution in [0.3, 0.4) is 0 Å². The van der Waals surface area contributed by atoms with E-state index < -0.39 is 11.9 Å². The second-order valence-corrected chi connectivity index (χ2v) is 3.28. The van der Waals surface area contributed by atoms with Gasteiger partial charge in [0.25, 0.3) is 0 Å². The van der Waals surface area contributed by atoms with Crippen LogP contribution in [0.1, 0.15) is 27.7 Å². The Morgan fingerprint density at radius 3 is 1.93 bits per heavy atom. The van der Waals surface area contributed by atoms with Crippen molar-refractivity contribution in [2.45, 2.75) is 27.7 Å². The number of allylic oxidation sites excluding steroid dienone is 2. The van der Waals surface area contributed by atoms with Crippen molar-refractivity contribution >= 4 is 11.9 Å². The lowest BCUT2D eigenvalue weighted by atomic mass is 10.3. The smallest absolute Gasteiger partial charge is 0.371 e. The van der Waals surface area contributed by atoms with Crippen molar-refractivity contribution in [1.29, 1.82) is 0 Å². The van der Waals surface area contributed by atoms with E-state index in [-0.39, 0.29) is 5.76 Å².